The van der Waals surface area contributed by atoms with Crippen molar-refractivity contribution in [1.29, 1.82) is 0 Å². The second-order valence-corrected chi connectivity index (χ2v) is 6.02. The lowest BCUT2D eigenvalue weighted by Crippen LogP contribution is -2.08. The van der Waals surface area contributed by atoms with Crippen LogP contribution in [0.15, 0.2) is 47.8 Å². The van der Waals surface area contributed by atoms with Gasteiger partial charge in [-0.25, -0.2) is 9.67 Å². The molecule has 0 radical (unpaired) electrons. The summed E-state index contributed by atoms with van der Waals surface area (Å²) in [5.41, 5.74) is 3.91. The number of pyridine rings is 1. The molecule has 3 aromatic rings. The van der Waals surface area contributed by atoms with E-state index in [1.54, 1.807) is 16.9 Å². The highest BCUT2D eigenvalue weighted by Gasteiger charge is 2.06. The fourth-order valence-corrected chi connectivity index (χ4v) is 2.33. The average Bonchev–Trinajstić information content (AvgIpc) is 3.16. The second kappa shape index (κ2) is 8.88. The fraction of sp³-hybridized carbons (Fsp3) is 0.316. The van der Waals surface area contributed by atoms with Gasteiger partial charge in [-0.1, -0.05) is 35.0 Å². The summed E-state index contributed by atoms with van der Waals surface area (Å²) in [5.74, 6) is 1.16. The molecular formula is C19H22N6O2. The van der Waals surface area contributed by atoms with Crippen LogP contribution in [0.25, 0.3) is 0 Å². The molecule has 0 atom stereocenters. The Balaban J connectivity index is 1.53. The van der Waals surface area contributed by atoms with Gasteiger partial charge in [-0.05, 0) is 42.8 Å². The first-order valence-corrected chi connectivity index (χ1v) is 8.72. The van der Waals surface area contributed by atoms with Crippen molar-refractivity contribution in [3.63, 3.8) is 0 Å². The van der Waals surface area contributed by atoms with Crippen LogP contribution < -0.4 is 4.74 Å². The lowest BCUT2D eigenvalue weighted by Gasteiger charge is -2.06. The summed E-state index contributed by atoms with van der Waals surface area (Å²) < 4.78 is 7.31. The highest BCUT2D eigenvalue weighted by molar-refractivity contribution is 5.98. The minimum Gasteiger partial charge on any atom is -0.469 e. The van der Waals surface area contributed by atoms with E-state index < -0.39 is 0 Å². The third-order valence-corrected chi connectivity index (χ3v) is 3.96. The number of ether oxygens (including phenoxy) is 1. The van der Waals surface area contributed by atoms with Crippen molar-refractivity contribution in [2.24, 2.45) is 5.16 Å². The van der Waals surface area contributed by atoms with Gasteiger partial charge in [-0.15, -0.1) is 5.10 Å². The van der Waals surface area contributed by atoms with Gasteiger partial charge in [-0.3, -0.25) is 0 Å². The highest BCUT2D eigenvalue weighted by Crippen LogP contribution is 2.11. The van der Waals surface area contributed by atoms with Gasteiger partial charge in [-0.2, -0.15) is 0 Å². The lowest BCUT2D eigenvalue weighted by atomic mass is 10.2. The molecule has 140 valence electrons. The Morgan fingerprint density at radius 2 is 1.93 bits per heavy atom. The molecule has 0 N–H and O–H groups in total. The number of hydrogen-bond acceptors (Lipinski definition) is 7. The number of aromatic nitrogens is 5. The predicted molar refractivity (Wildman–Crippen MR) is 100 cm³/mol. The largest absolute Gasteiger partial charge is 0.469 e. The van der Waals surface area contributed by atoms with E-state index in [9.17, 15) is 0 Å². The maximum atomic E-state index is 5.63. The third-order valence-electron chi connectivity index (χ3n) is 3.96. The Morgan fingerprint density at radius 1 is 1.11 bits per heavy atom. The molecule has 8 heteroatoms. The van der Waals surface area contributed by atoms with Crippen LogP contribution in [0.4, 0.5) is 0 Å². The summed E-state index contributed by atoms with van der Waals surface area (Å²) in [7, 11) is 0. The van der Waals surface area contributed by atoms with Gasteiger partial charge < -0.3 is 9.57 Å². The Bertz CT molecular complexity index is 887. The van der Waals surface area contributed by atoms with Crippen LogP contribution in [0.2, 0.25) is 0 Å². The monoisotopic (exact) mass is 366 g/mol. The van der Waals surface area contributed by atoms with Crippen molar-refractivity contribution in [3.8, 4) is 5.88 Å². The number of rotatable bonds is 8. The topological polar surface area (TPSA) is 87.3 Å². The fourth-order valence-electron chi connectivity index (χ4n) is 2.33. The van der Waals surface area contributed by atoms with Gasteiger partial charge in [0, 0.05) is 24.4 Å². The van der Waals surface area contributed by atoms with Crippen LogP contribution in [0.5, 0.6) is 5.88 Å². The summed E-state index contributed by atoms with van der Waals surface area (Å²) in [4.78, 5) is 9.73. The average molecular weight is 366 g/mol. The Hall–Kier alpha value is -3.29. The first-order valence-electron chi connectivity index (χ1n) is 8.72. The number of tetrazole rings is 1. The van der Waals surface area contributed by atoms with E-state index >= 15 is 0 Å². The molecule has 3 rings (SSSR count). The zero-order valence-electron chi connectivity index (χ0n) is 15.7. The molecule has 27 heavy (non-hydrogen) atoms. The summed E-state index contributed by atoms with van der Waals surface area (Å²) in [6.07, 6.45) is 1.70. The summed E-state index contributed by atoms with van der Waals surface area (Å²) >= 11 is 0. The van der Waals surface area contributed by atoms with Crippen LogP contribution in [0.3, 0.4) is 0 Å². The Labute approximate surface area is 157 Å². The van der Waals surface area contributed by atoms with E-state index in [2.05, 4.69) is 44.7 Å². The molecule has 8 nitrogen and oxygen atoms in total. The molecule has 0 aliphatic heterocycles. The standard InChI is InChI=1S/C19H22N6O2/c1-4-25-18(21-23-24-25)13-26-19-10-9-17(11-20-19)15(3)22-27-12-16-7-5-14(2)6-8-16/h5-11H,4,12-13H2,1-3H3/b22-15+. The first-order chi connectivity index (χ1) is 13.2. The number of benzene rings is 1. The van der Waals surface area contributed by atoms with Crippen LogP contribution in [0.1, 0.15) is 36.4 Å². The molecule has 1 aromatic carbocycles. The van der Waals surface area contributed by atoms with Crippen molar-refractivity contribution in [3.05, 3.63) is 65.1 Å². The van der Waals surface area contributed by atoms with Crippen molar-refractivity contribution in [1.82, 2.24) is 25.2 Å². The molecular weight excluding hydrogens is 344 g/mol. The van der Waals surface area contributed by atoms with Crippen LogP contribution >= 0.6 is 0 Å². The smallest absolute Gasteiger partial charge is 0.213 e. The summed E-state index contributed by atoms with van der Waals surface area (Å²) in [6.45, 7) is 7.28. The molecule has 0 spiro atoms. The van der Waals surface area contributed by atoms with E-state index in [4.69, 9.17) is 9.57 Å². The van der Waals surface area contributed by atoms with Crippen LogP contribution in [0, 0.1) is 6.92 Å². The van der Waals surface area contributed by atoms with Gasteiger partial charge in [0.05, 0.1) is 5.71 Å². The highest BCUT2D eigenvalue weighted by atomic mass is 16.6. The second-order valence-electron chi connectivity index (χ2n) is 6.02. The molecule has 2 heterocycles. The van der Waals surface area contributed by atoms with E-state index in [0.717, 1.165) is 16.8 Å². The third kappa shape index (κ3) is 5.10. The molecule has 0 amide bonds. The van der Waals surface area contributed by atoms with Gasteiger partial charge in [0.1, 0.15) is 6.61 Å². The molecule has 0 unspecified atom stereocenters. The van der Waals surface area contributed by atoms with Crippen molar-refractivity contribution < 1.29 is 9.57 Å². The molecule has 0 fully saturated rings. The van der Waals surface area contributed by atoms with Crippen molar-refractivity contribution in [2.75, 3.05) is 0 Å². The molecule has 0 aliphatic carbocycles. The molecule has 0 bridgehead atoms. The SMILES string of the molecule is CCn1nnnc1COc1ccc(/C(C)=N/OCc2ccc(C)cc2)cn1. The Kier molecular flexibility index (Phi) is 6.09. The molecule has 2 aromatic heterocycles. The van der Waals surface area contributed by atoms with Gasteiger partial charge in [0.25, 0.3) is 0 Å². The maximum absolute atomic E-state index is 5.63. The minimum atomic E-state index is 0.264. The number of nitrogens with zero attached hydrogens (tertiary/aromatic N) is 6. The van der Waals surface area contributed by atoms with Crippen LogP contribution in [-0.2, 0) is 24.6 Å². The lowest BCUT2D eigenvalue weighted by molar-refractivity contribution is 0.130. The Morgan fingerprint density at radius 3 is 2.63 bits per heavy atom. The number of hydrogen-bond donors (Lipinski definition) is 0. The summed E-state index contributed by atoms with van der Waals surface area (Å²) in [6, 6.07) is 11.8. The predicted octanol–water partition coefficient (Wildman–Crippen LogP) is 2.92. The normalized spacial score (nSPS) is 11.4. The maximum Gasteiger partial charge on any atom is 0.213 e. The number of aryl methyl sites for hydroxylation is 2. The molecule has 0 aliphatic rings. The minimum absolute atomic E-state index is 0.264. The zero-order chi connectivity index (χ0) is 19.1. The van der Waals surface area contributed by atoms with Crippen molar-refractivity contribution >= 4 is 5.71 Å². The number of oxime groups is 1. The quantitative estimate of drug-likeness (QED) is 0.450. The van der Waals surface area contributed by atoms with Gasteiger partial charge in [0.2, 0.25) is 5.88 Å². The van der Waals surface area contributed by atoms with E-state index in [0.29, 0.717) is 24.9 Å². The van der Waals surface area contributed by atoms with E-state index in [1.807, 2.05) is 32.0 Å². The zero-order valence-corrected chi connectivity index (χ0v) is 15.7. The molecule has 0 saturated heterocycles. The van der Waals surface area contributed by atoms with Crippen LogP contribution in [-0.4, -0.2) is 30.9 Å². The first kappa shape index (κ1) is 18.5. The van der Waals surface area contributed by atoms with Gasteiger partial charge >= 0.3 is 0 Å². The van der Waals surface area contributed by atoms with E-state index in [-0.39, 0.29) is 6.61 Å². The molecule has 0 saturated carbocycles. The van der Waals surface area contributed by atoms with Crippen molar-refractivity contribution in [2.45, 2.75) is 40.5 Å². The van der Waals surface area contributed by atoms with Gasteiger partial charge in [0.15, 0.2) is 12.4 Å². The van der Waals surface area contributed by atoms with E-state index in [1.165, 1.54) is 5.56 Å². The summed E-state index contributed by atoms with van der Waals surface area (Å²) in [5, 5.41) is 15.6.